The zero-order valence-corrected chi connectivity index (χ0v) is 16.7. The maximum atomic E-state index is 13.3. The van der Waals surface area contributed by atoms with E-state index in [-0.39, 0.29) is 27.8 Å². The molecule has 1 atom stereocenters. The number of benzene rings is 2. The molecule has 0 amide bonds. The van der Waals surface area contributed by atoms with E-state index < -0.39 is 15.7 Å². The number of aromatic nitrogens is 1. The van der Waals surface area contributed by atoms with Crippen molar-refractivity contribution in [3.05, 3.63) is 59.9 Å². The van der Waals surface area contributed by atoms with Gasteiger partial charge in [-0.25, -0.2) is 12.8 Å². The Bertz CT molecular complexity index is 1100. The predicted octanol–water partition coefficient (Wildman–Crippen LogP) is 4.21. The summed E-state index contributed by atoms with van der Waals surface area (Å²) in [5.74, 6) is -0.258. The van der Waals surface area contributed by atoms with Gasteiger partial charge in [-0.2, -0.15) is 4.98 Å². The minimum Gasteiger partial charge on any atom is -0.419 e. The molecule has 1 fully saturated rings. The lowest BCUT2D eigenvalue weighted by molar-refractivity contribution is 0.120. The fraction of sp³-hybridized carbons (Fsp3) is 0.286. The van der Waals surface area contributed by atoms with Crippen molar-refractivity contribution in [3.63, 3.8) is 0 Å². The van der Waals surface area contributed by atoms with Crippen LogP contribution >= 0.6 is 0 Å². The number of halogens is 1. The number of nitrogens with zero attached hydrogens (tertiary/aromatic N) is 1. The normalized spacial score (nSPS) is 16.8. The van der Waals surface area contributed by atoms with Crippen LogP contribution in [0.1, 0.15) is 18.4 Å². The molecule has 0 aliphatic carbocycles. The van der Waals surface area contributed by atoms with Crippen LogP contribution in [0.5, 0.6) is 0 Å². The lowest BCUT2D eigenvalue weighted by Gasteiger charge is -2.10. The van der Waals surface area contributed by atoms with Gasteiger partial charge in [-0.05, 0) is 56.2 Å². The van der Waals surface area contributed by atoms with E-state index in [0.717, 1.165) is 30.5 Å². The van der Waals surface area contributed by atoms with Crippen molar-refractivity contribution in [1.82, 2.24) is 4.98 Å². The van der Waals surface area contributed by atoms with Gasteiger partial charge in [0.15, 0.2) is 0 Å². The molecule has 2 heterocycles. The number of ether oxygens (including phenoxy) is 1. The molecule has 0 radical (unpaired) electrons. The van der Waals surface area contributed by atoms with Crippen molar-refractivity contribution in [2.45, 2.75) is 35.8 Å². The van der Waals surface area contributed by atoms with Gasteiger partial charge in [0.25, 0.3) is 0 Å². The third-order valence-electron chi connectivity index (χ3n) is 4.75. The van der Waals surface area contributed by atoms with Gasteiger partial charge in [-0.1, -0.05) is 17.7 Å². The van der Waals surface area contributed by atoms with Crippen LogP contribution in [-0.2, 0) is 14.6 Å². The van der Waals surface area contributed by atoms with Crippen LogP contribution in [0.3, 0.4) is 0 Å². The van der Waals surface area contributed by atoms with Crippen molar-refractivity contribution in [1.29, 1.82) is 0 Å². The average molecular weight is 416 g/mol. The molecule has 1 aliphatic heterocycles. The molecule has 2 aromatic carbocycles. The summed E-state index contributed by atoms with van der Waals surface area (Å²) in [4.78, 5) is 4.23. The number of rotatable bonds is 6. The van der Waals surface area contributed by atoms with E-state index in [4.69, 9.17) is 9.15 Å². The first-order chi connectivity index (χ1) is 13.9. The summed E-state index contributed by atoms with van der Waals surface area (Å²) in [6.45, 7) is 3.03. The van der Waals surface area contributed by atoms with E-state index >= 15 is 0 Å². The largest absolute Gasteiger partial charge is 0.419 e. The van der Waals surface area contributed by atoms with Crippen molar-refractivity contribution in [2.24, 2.45) is 0 Å². The van der Waals surface area contributed by atoms with Crippen LogP contribution in [0.2, 0.25) is 0 Å². The van der Waals surface area contributed by atoms with Gasteiger partial charge in [-0.3, -0.25) is 0 Å². The summed E-state index contributed by atoms with van der Waals surface area (Å²) in [7, 11) is -4.00. The Kier molecular flexibility index (Phi) is 5.38. The fourth-order valence-electron chi connectivity index (χ4n) is 3.24. The lowest BCUT2D eigenvalue weighted by atomic mass is 10.1. The van der Waals surface area contributed by atoms with Crippen LogP contribution in [0.15, 0.2) is 62.9 Å². The second-order valence-electron chi connectivity index (χ2n) is 7.00. The Morgan fingerprint density at radius 3 is 2.69 bits per heavy atom. The summed E-state index contributed by atoms with van der Waals surface area (Å²) in [5, 5.41) is 2.82. The Morgan fingerprint density at radius 1 is 1.21 bits per heavy atom. The zero-order valence-electron chi connectivity index (χ0n) is 15.9. The third-order valence-corrected chi connectivity index (χ3v) is 6.43. The molecular formula is C21H21FN2O4S. The predicted molar refractivity (Wildman–Crippen MR) is 106 cm³/mol. The Hall–Kier alpha value is -2.71. The van der Waals surface area contributed by atoms with Gasteiger partial charge < -0.3 is 14.5 Å². The molecular weight excluding hydrogens is 395 g/mol. The second kappa shape index (κ2) is 7.96. The van der Waals surface area contributed by atoms with Crippen LogP contribution in [0, 0.1) is 12.7 Å². The van der Waals surface area contributed by atoms with Crippen LogP contribution < -0.4 is 5.32 Å². The van der Waals surface area contributed by atoms with E-state index in [2.05, 4.69) is 10.3 Å². The smallest absolute Gasteiger partial charge is 0.233 e. The maximum absolute atomic E-state index is 13.3. The first-order valence-corrected chi connectivity index (χ1v) is 10.9. The number of nitrogens with one attached hydrogen (secondary N) is 1. The van der Waals surface area contributed by atoms with Crippen molar-refractivity contribution < 1.29 is 22.0 Å². The molecule has 0 bridgehead atoms. The number of oxazole rings is 1. The van der Waals surface area contributed by atoms with Crippen molar-refractivity contribution >= 4 is 15.7 Å². The summed E-state index contributed by atoms with van der Waals surface area (Å²) < 4.78 is 51.0. The molecule has 1 unspecified atom stereocenters. The van der Waals surface area contributed by atoms with E-state index in [9.17, 15) is 12.8 Å². The van der Waals surface area contributed by atoms with E-state index in [0.29, 0.717) is 18.7 Å². The van der Waals surface area contributed by atoms with Gasteiger partial charge in [-0.15, -0.1) is 0 Å². The Balaban J connectivity index is 1.74. The van der Waals surface area contributed by atoms with Crippen molar-refractivity contribution in [2.75, 3.05) is 18.5 Å². The summed E-state index contributed by atoms with van der Waals surface area (Å²) in [6, 6.07) is 12.1. The minimum atomic E-state index is -4.00. The van der Waals surface area contributed by atoms with Crippen LogP contribution in [0.4, 0.5) is 10.3 Å². The first kappa shape index (κ1) is 19.6. The van der Waals surface area contributed by atoms with E-state index in [1.165, 1.54) is 12.1 Å². The minimum absolute atomic E-state index is 0.0103. The van der Waals surface area contributed by atoms with Gasteiger partial charge in [0.05, 0.1) is 11.0 Å². The van der Waals surface area contributed by atoms with Gasteiger partial charge >= 0.3 is 0 Å². The molecule has 0 spiro atoms. The topological polar surface area (TPSA) is 81.4 Å². The summed E-state index contributed by atoms with van der Waals surface area (Å²) >= 11 is 0. The third kappa shape index (κ3) is 4.18. The standard InChI is InChI=1S/C21H21FN2O4S/c1-14-4-2-5-15(12-14)19-24-21(20(28-19)23-13-17-6-3-11-27-17)29(25,26)18-9-7-16(22)8-10-18/h2,4-5,7-10,12,17,23H,3,6,11,13H2,1H3. The highest BCUT2D eigenvalue weighted by molar-refractivity contribution is 7.91. The summed E-state index contributed by atoms with van der Waals surface area (Å²) in [6.07, 6.45) is 1.85. The van der Waals surface area contributed by atoms with E-state index in [1.54, 1.807) is 6.07 Å². The molecule has 1 aromatic heterocycles. The van der Waals surface area contributed by atoms with Gasteiger partial charge in [0.1, 0.15) is 5.82 Å². The number of aryl methyl sites for hydroxylation is 1. The summed E-state index contributed by atoms with van der Waals surface area (Å²) in [5.41, 5.74) is 1.67. The Labute approximate surface area is 168 Å². The molecule has 0 saturated carbocycles. The highest BCUT2D eigenvalue weighted by Gasteiger charge is 2.29. The maximum Gasteiger partial charge on any atom is 0.233 e. The quantitative estimate of drug-likeness (QED) is 0.606. The highest BCUT2D eigenvalue weighted by atomic mass is 32.2. The molecule has 6 nitrogen and oxygen atoms in total. The number of anilines is 1. The lowest BCUT2D eigenvalue weighted by Crippen LogP contribution is -2.19. The molecule has 3 aromatic rings. The Morgan fingerprint density at radius 2 is 2.00 bits per heavy atom. The number of sulfone groups is 1. The molecule has 4 rings (SSSR count). The number of hydrogen-bond acceptors (Lipinski definition) is 6. The van der Waals surface area contributed by atoms with E-state index in [1.807, 2.05) is 25.1 Å². The van der Waals surface area contributed by atoms with Crippen molar-refractivity contribution in [3.8, 4) is 11.5 Å². The molecule has 1 aliphatic rings. The number of hydrogen-bond donors (Lipinski definition) is 1. The molecule has 8 heteroatoms. The monoisotopic (exact) mass is 416 g/mol. The second-order valence-corrected chi connectivity index (χ2v) is 8.86. The molecule has 29 heavy (non-hydrogen) atoms. The van der Waals surface area contributed by atoms with Gasteiger partial charge in [0.2, 0.25) is 26.6 Å². The van der Waals surface area contributed by atoms with Gasteiger partial charge in [0, 0.05) is 18.7 Å². The zero-order chi connectivity index (χ0) is 20.4. The molecule has 1 saturated heterocycles. The van der Waals surface area contributed by atoms with Crippen LogP contribution in [-0.4, -0.2) is 32.7 Å². The molecule has 152 valence electrons. The highest BCUT2D eigenvalue weighted by Crippen LogP contribution is 2.33. The average Bonchev–Trinajstić information content (AvgIpc) is 3.37. The first-order valence-electron chi connectivity index (χ1n) is 9.37. The van der Waals surface area contributed by atoms with Crippen LogP contribution in [0.25, 0.3) is 11.5 Å². The fourth-order valence-corrected chi connectivity index (χ4v) is 4.52. The SMILES string of the molecule is Cc1cccc(-c2nc(S(=O)(=O)c3ccc(F)cc3)c(NCC3CCCO3)o2)c1. The molecule has 1 N–H and O–H groups in total.